The lowest BCUT2D eigenvalue weighted by Crippen LogP contribution is -2.28. The Kier molecular flexibility index (Phi) is 8.36. The van der Waals surface area contributed by atoms with Gasteiger partial charge in [-0.3, -0.25) is 0 Å². The average molecular weight is 694 g/mol. The summed E-state index contributed by atoms with van der Waals surface area (Å²) in [7, 11) is 0. The highest BCUT2D eigenvalue weighted by atomic mass is 15.1. The molecule has 0 saturated heterocycles. The molecule has 0 amide bonds. The minimum atomic E-state index is -0.510. The number of rotatable bonds is 7. The lowest BCUT2D eigenvalue weighted by Gasteiger charge is -2.34. The first kappa shape index (κ1) is 33.4. The van der Waals surface area contributed by atoms with E-state index in [-0.39, 0.29) is 5.41 Å². The van der Waals surface area contributed by atoms with Crippen molar-refractivity contribution in [3.63, 3.8) is 0 Å². The van der Waals surface area contributed by atoms with Crippen molar-refractivity contribution in [2.75, 3.05) is 4.90 Å². The molecule has 9 rings (SSSR count). The van der Waals surface area contributed by atoms with E-state index < -0.39 is 5.41 Å². The maximum atomic E-state index is 2.44. The molecule has 0 spiro atoms. The standard InChI is InChI=1S/C53H43N/c1-52(2,3)42-32-27-39(28-33-42)40-29-34-46(35-30-40)54(45-23-14-7-15-24-45)50-26-16-25-49-51(50)47-37-41(38-17-8-4-9-18-38)31-36-48(47)53(49,43-19-10-5-11-20-43)44-21-12-6-13-22-44/h4-37H,1-3H3. The van der Waals surface area contributed by atoms with Crippen LogP contribution in [0.15, 0.2) is 206 Å². The topological polar surface area (TPSA) is 3.24 Å². The summed E-state index contributed by atoms with van der Waals surface area (Å²) in [4.78, 5) is 2.44. The van der Waals surface area contributed by atoms with Crippen molar-refractivity contribution in [3.05, 3.63) is 234 Å². The van der Waals surface area contributed by atoms with Crippen LogP contribution in [-0.2, 0) is 10.8 Å². The Morgan fingerprint density at radius 2 is 0.870 bits per heavy atom. The molecule has 1 heteroatoms. The highest BCUT2D eigenvalue weighted by molar-refractivity contribution is 5.98. The van der Waals surface area contributed by atoms with E-state index in [2.05, 4.69) is 232 Å². The van der Waals surface area contributed by atoms with Crippen molar-refractivity contribution in [1.82, 2.24) is 0 Å². The molecule has 0 bridgehead atoms. The van der Waals surface area contributed by atoms with Crippen LogP contribution in [0.4, 0.5) is 17.1 Å². The summed E-state index contributed by atoms with van der Waals surface area (Å²) < 4.78 is 0. The number of para-hydroxylation sites is 1. The van der Waals surface area contributed by atoms with Crippen LogP contribution in [0.5, 0.6) is 0 Å². The Balaban J connectivity index is 1.29. The van der Waals surface area contributed by atoms with Gasteiger partial charge in [-0.1, -0.05) is 191 Å². The minimum Gasteiger partial charge on any atom is -0.310 e. The Labute approximate surface area is 319 Å². The average Bonchev–Trinajstić information content (AvgIpc) is 3.53. The van der Waals surface area contributed by atoms with Gasteiger partial charge in [0.05, 0.1) is 11.1 Å². The quantitative estimate of drug-likeness (QED) is 0.161. The summed E-state index contributed by atoms with van der Waals surface area (Å²) >= 11 is 0. The molecule has 0 fully saturated rings. The summed E-state index contributed by atoms with van der Waals surface area (Å²) in [6.45, 7) is 6.79. The zero-order chi connectivity index (χ0) is 36.7. The van der Waals surface area contributed by atoms with Crippen LogP contribution in [-0.4, -0.2) is 0 Å². The Bertz CT molecular complexity index is 2490. The summed E-state index contributed by atoms with van der Waals surface area (Å²) in [5.41, 5.74) is 16.8. The Morgan fingerprint density at radius 1 is 0.389 bits per heavy atom. The first-order valence-electron chi connectivity index (χ1n) is 18.9. The highest BCUT2D eigenvalue weighted by Gasteiger charge is 2.47. The molecule has 0 radical (unpaired) electrons. The van der Waals surface area contributed by atoms with Crippen LogP contribution < -0.4 is 4.90 Å². The van der Waals surface area contributed by atoms with Gasteiger partial charge in [0.1, 0.15) is 0 Å². The van der Waals surface area contributed by atoms with E-state index in [9.17, 15) is 0 Å². The molecule has 0 heterocycles. The fourth-order valence-electron chi connectivity index (χ4n) is 8.49. The van der Waals surface area contributed by atoms with E-state index in [0.29, 0.717) is 0 Å². The van der Waals surface area contributed by atoms with Crippen LogP contribution in [0, 0.1) is 0 Å². The molecule has 1 nitrogen and oxygen atoms in total. The normalized spacial score (nSPS) is 12.9. The zero-order valence-corrected chi connectivity index (χ0v) is 31.1. The van der Waals surface area contributed by atoms with Gasteiger partial charge in [0.15, 0.2) is 0 Å². The molecule has 0 unspecified atom stereocenters. The number of fused-ring (bicyclic) bond motifs is 3. The van der Waals surface area contributed by atoms with Crippen LogP contribution in [0.2, 0.25) is 0 Å². The van der Waals surface area contributed by atoms with Crippen molar-refractivity contribution in [3.8, 4) is 33.4 Å². The molecule has 260 valence electrons. The monoisotopic (exact) mass is 693 g/mol. The smallest absolute Gasteiger partial charge is 0.0714 e. The molecule has 0 atom stereocenters. The van der Waals surface area contributed by atoms with Crippen LogP contribution >= 0.6 is 0 Å². The third-order valence-electron chi connectivity index (χ3n) is 11.1. The molecule has 1 aliphatic rings. The molecule has 1 aliphatic carbocycles. The maximum Gasteiger partial charge on any atom is 0.0714 e. The second-order valence-corrected chi connectivity index (χ2v) is 15.4. The first-order chi connectivity index (χ1) is 26.4. The second-order valence-electron chi connectivity index (χ2n) is 15.4. The van der Waals surface area contributed by atoms with E-state index in [4.69, 9.17) is 0 Å². The van der Waals surface area contributed by atoms with Gasteiger partial charge in [0, 0.05) is 16.9 Å². The summed E-state index contributed by atoms with van der Waals surface area (Å²) in [5.74, 6) is 0. The molecule has 0 aliphatic heterocycles. The molecular weight excluding hydrogens is 651 g/mol. The molecule has 0 N–H and O–H groups in total. The third kappa shape index (κ3) is 5.65. The van der Waals surface area contributed by atoms with E-state index in [1.165, 1.54) is 61.2 Å². The maximum absolute atomic E-state index is 2.44. The predicted molar refractivity (Wildman–Crippen MR) is 228 cm³/mol. The SMILES string of the molecule is CC(C)(C)c1ccc(-c2ccc(N(c3ccccc3)c3cccc4c3-c3cc(-c5ccccc5)ccc3C4(c3ccccc3)c3ccccc3)cc2)cc1. The van der Waals surface area contributed by atoms with Crippen molar-refractivity contribution >= 4 is 17.1 Å². The third-order valence-corrected chi connectivity index (χ3v) is 11.1. The van der Waals surface area contributed by atoms with Crippen molar-refractivity contribution in [2.24, 2.45) is 0 Å². The molecule has 54 heavy (non-hydrogen) atoms. The molecule has 8 aromatic rings. The van der Waals surface area contributed by atoms with Gasteiger partial charge in [-0.15, -0.1) is 0 Å². The van der Waals surface area contributed by atoms with Crippen LogP contribution in [0.25, 0.3) is 33.4 Å². The number of anilines is 3. The van der Waals surface area contributed by atoms with Gasteiger partial charge in [0.2, 0.25) is 0 Å². The van der Waals surface area contributed by atoms with E-state index >= 15 is 0 Å². The van der Waals surface area contributed by atoms with Gasteiger partial charge >= 0.3 is 0 Å². The largest absolute Gasteiger partial charge is 0.310 e. The van der Waals surface area contributed by atoms with Crippen molar-refractivity contribution < 1.29 is 0 Å². The summed E-state index contributed by atoms with van der Waals surface area (Å²) in [6, 6.07) is 75.8. The fourth-order valence-corrected chi connectivity index (χ4v) is 8.49. The van der Waals surface area contributed by atoms with Crippen molar-refractivity contribution in [1.29, 1.82) is 0 Å². The van der Waals surface area contributed by atoms with Crippen LogP contribution in [0.1, 0.15) is 48.6 Å². The van der Waals surface area contributed by atoms with Gasteiger partial charge in [0.25, 0.3) is 0 Å². The number of hydrogen-bond donors (Lipinski definition) is 0. The van der Waals surface area contributed by atoms with Crippen LogP contribution in [0.3, 0.4) is 0 Å². The van der Waals surface area contributed by atoms with E-state index in [1.54, 1.807) is 0 Å². The lowest BCUT2D eigenvalue weighted by atomic mass is 9.67. The van der Waals surface area contributed by atoms with Gasteiger partial charge in [-0.05, 0) is 97.4 Å². The molecular formula is C53H43N. The zero-order valence-electron chi connectivity index (χ0n) is 31.1. The molecule has 0 aromatic heterocycles. The van der Waals surface area contributed by atoms with Gasteiger partial charge < -0.3 is 4.90 Å². The number of benzene rings is 8. The van der Waals surface area contributed by atoms with Gasteiger partial charge in [-0.2, -0.15) is 0 Å². The number of nitrogens with zero attached hydrogens (tertiary/aromatic N) is 1. The first-order valence-corrected chi connectivity index (χ1v) is 18.9. The highest BCUT2D eigenvalue weighted by Crippen LogP contribution is 2.60. The van der Waals surface area contributed by atoms with E-state index in [0.717, 1.165) is 17.1 Å². The predicted octanol–water partition coefficient (Wildman–Crippen LogP) is 14.2. The Morgan fingerprint density at radius 3 is 1.44 bits per heavy atom. The summed E-state index contributed by atoms with van der Waals surface area (Å²) in [5, 5.41) is 0. The molecule has 0 saturated carbocycles. The second kappa shape index (κ2) is 13.5. The van der Waals surface area contributed by atoms with Gasteiger partial charge in [-0.25, -0.2) is 0 Å². The molecule has 8 aromatic carbocycles. The fraction of sp³-hybridized carbons (Fsp3) is 0.0943. The van der Waals surface area contributed by atoms with Crippen molar-refractivity contribution in [2.45, 2.75) is 31.6 Å². The number of hydrogen-bond acceptors (Lipinski definition) is 1. The summed E-state index contributed by atoms with van der Waals surface area (Å²) in [6.07, 6.45) is 0. The van der Waals surface area contributed by atoms with E-state index in [1.807, 2.05) is 0 Å². The minimum absolute atomic E-state index is 0.119. The lowest BCUT2D eigenvalue weighted by molar-refractivity contribution is 0.590. The Hall–Kier alpha value is -6.44.